The summed E-state index contributed by atoms with van der Waals surface area (Å²) in [6.45, 7) is 3.16. The third-order valence-corrected chi connectivity index (χ3v) is 5.09. The molecule has 6 nitrogen and oxygen atoms in total. The number of hydrogen-bond acceptors (Lipinski definition) is 4. The first-order valence-corrected chi connectivity index (χ1v) is 9.19. The molecule has 0 fully saturated rings. The highest BCUT2D eigenvalue weighted by Gasteiger charge is 2.21. The summed E-state index contributed by atoms with van der Waals surface area (Å²) in [5.41, 5.74) is 3.50. The molecule has 1 N–H and O–H groups in total. The second-order valence-corrected chi connectivity index (χ2v) is 6.87. The van der Waals surface area contributed by atoms with E-state index in [9.17, 15) is 14.9 Å². The summed E-state index contributed by atoms with van der Waals surface area (Å²) >= 11 is 0. The van der Waals surface area contributed by atoms with Crippen molar-refractivity contribution in [1.82, 2.24) is 14.8 Å². The van der Waals surface area contributed by atoms with Crippen LogP contribution >= 0.6 is 0 Å². The molecule has 0 saturated heterocycles. The molecule has 142 valence electrons. The number of para-hydroxylation sites is 1. The van der Waals surface area contributed by atoms with E-state index in [1.165, 1.54) is 0 Å². The Morgan fingerprint density at radius 2 is 1.79 bits per heavy atom. The van der Waals surface area contributed by atoms with Gasteiger partial charge in [0.15, 0.2) is 5.78 Å². The van der Waals surface area contributed by atoms with Crippen LogP contribution in [-0.2, 0) is 6.54 Å². The molecule has 6 heteroatoms. The highest BCUT2D eigenvalue weighted by atomic mass is 16.1. The van der Waals surface area contributed by atoms with E-state index in [1.807, 2.05) is 60.7 Å². The van der Waals surface area contributed by atoms with Gasteiger partial charge >= 0.3 is 0 Å². The maximum absolute atomic E-state index is 13.3. The number of benzene rings is 2. The first kappa shape index (κ1) is 18.4. The molecule has 2 aromatic carbocycles. The van der Waals surface area contributed by atoms with Crippen LogP contribution in [0.2, 0.25) is 0 Å². The second kappa shape index (κ2) is 7.21. The largest absolute Gasteiger partial charge is 0.354 e. The van der Waals surface area contributed by atoms with Crippen molar-refractivity contribution in [1.29, 1.82) is 5.26 Å². The molecule has 4 rings (SSSR count). The molecule has 2 heterocycles. The SMILES string of the molecule is Cc1nn(CC(=O)c2c(-c3ccccc3)[nH]c3ccccc23)c(=O)c(C#N)c1C. The first-order valence-electron chi connectivity index (χ1n) is 9.19. The van der Waals surface area contributed by atoms with Gasteiger partial charge in [0.25, 0.3) is 5.56 Å². The van der Waals surface area contributed by atoms with Crippen molar-refractivity contribution in [3.8, 4) is 17.3 Å². The lowest BCUT2D eigenvalue weighted by Crippen LogP contribution is -2.30. The number of Topliss-reactive ketones (excluding diaryl/α,β-unsaturated/α-hetero) is 1. The molecule has 0 radical (unpaired) electrons. The smallest absolute Gasteiger partial charge is 0.285 e. The molecule has 0 saturated carbocycles. The van der Waals surface area contributed by atoms with E-state index in [2.05, 4.69) is 10.1 Å². The molecule has 0 spiro atoms. The molecule has 0 aliphatic carbocycles. The Kier molecular flexibility index (Phi) is 4.57. The Morgan fingerprint density at radius 3 is 2.52 bits per heavy atom. The van der Waals surface area contributed by atoms with Gasteiger partial charge in [0, 0.05) is 10.9 Å². The van der Waals surface area contributed by atoms with E-state index >= 15 is 0 Å². The van der Waals surface area contributed by atoms with E-state index in [0.29, 0.717) is 22.5 Å². The van der Waals surface area contributed by atoms with Crippen LogP contribution in [0, 0.1) is 25.2 Å². The summed E-state index contributed by atoms with van der Waals surface area (Å²) < 4.78 is 1.08. The minimum atomic E-state index is -0.551. The Bertz CT molecular complexity index is 1340. The number of nitriles is 1. The van der Waals surface area contributed by atoms with Gasteiger partial charge in [0.05, 0.1) is 17.0 Å². The van der Waals surface area contributed by atoms with Crippen LogP contribution in [0.3, 0.4) is 0 Å². The number of ketones is 1. The van der Waals surface area contributed by atoms with E-state index in [0.717, 1.165) is 21.1 Å². The van der Waals surface area contributed by atoms with Gasteiger partial charge in [0.1, 0.15) is 18.2 Å². The fraction of sp³-hybridized carbons (Fsp3) is 0.130. The van der Waals surface area contributed by atoms with Gasteiger partial charge in [-0.1, -0.05) is 48.5 Å². The molecular weight excluding hydrogens is 364 g/mol. The highest BCUT2D eigenvalue weighted by Crippen LogP contribution is 2.30. The van der Waals surface area contributed by atoms with Crippen LogP contribution in [0.4, 0.5) is 0 Å². The van der Waals surface area contributed by atoms with Gasteiger partial charge in [-0.05, 0) is 31.0 Å². The standard InChI is InChI=1S/C23H18N4O2/c1-14-15(2)26-27(23(29)18(14)12-24)13-20(28)21-17-10-6-7-11-19(17)25-22(21)16-8-4-3-5-9-16/h3-11,25H,13H2,1-2H3. The molecule has 0 aliphatic heterocycles. The maximum atomic E-state index is 13.3. The number of aryl methyl sites for hydroxylation is 1. The van der Waals surface area contributed by atoms with Crippen LogP contribution in [0.1, 0.15) is 27.2 Å². The number of aromatic nitrogens is 3. The Labute approximate surface area is 167 Å². The fourth-order valence-corrected chi connectivity index (χ4v) is 3.48. The van der Waals surface area contributed by atoms with E-state index in [4.69, 9.17) is 0 Å². The summed E-state index contributed by atoms with van der Waals surface area (Å²) in [5, 5.41) is 14.3. The minimum Gasteiger partial charge on any atom is -0.354 e. The van der Waals surface area contributed by atoms with Gasteiger partial charge < -0.3 is 4.98 Å². The van der Waals surface area contributed by atoms with Crippen LogP contribution < -0.4 is 5.56 Å². The summed E-state index contributed by atoms with van der Waals surface area (Å²) in [6.07, 6.45) is 0. The van der Waals surface area contributed by atoms with Gasteiger partial charge in [0.2, 0.25) is 0 Å². The molecule has 0 aliphatic rings. The molecule has 2 aromatic heterocycles. The van der Waals surface area contributed by atoms with E-state index in [1.54, 1.807) is 13.8 Å². The number of rotatable bonds is 4. The lowest BCUT2D eigenvalue weighted by atomic mass is 10.0. The average Bonchev–Trinajstić information content (AvgIpc) is 3.13. The quantitative estimate of drug-likeness (QED) is 0.544. The van der Waals surface area contributed by atoms with Gasteiger partial charge in [-0.25, -0.2) is 4.68 Å². The van der Waals surface area contributed by atoms with E-state index in [-0.39, 0.29) is 17.9 Å². The zero-order chi connectivity index (χ0) is 20.5. The van der Waals surface area contributed by atoms with Crippen molar-refractivity contribution in [2.45, 2.75) is 20.4 Å². The van der Waals surface area contributed by atoms with Crippen molar-refractivity contribution in [2.75, 3.05) is 0 Å². The summed E-state index contributed by atoms with van der Waals surface area (Å²) in [7, 11) is 0. The Balaban J connectivity index is 1.86. The zero-order valence-corrected chi connectivity index (χ0v) is 16.1. The predicted molar refractivity (Wildman–Crippen MR) is 111 cm³/mol. The monoisotopic (exact) mass is 382 g/mol. The Hall–Kier alpha value is -3.98. The normalized spacial score (nSPS) is 10.8. The third-order valence-electron chi connectivity index (χ3n) is 5.09. The third kappa shape index (κ3) is 3.13. The predicted octanol–water partition coefficient (Wildman–Crippen LogP) is 3.76. The molecule has 0 unspecified atom stereocenters. The summed E-state index contributed by atoms with van der Waals surface area (Å²) in [5.74, 6) is -0.247. The van der Waals surface area contributed by atoms with Crippen molar-refractivity contribution in [3.63, 3.8) is 0 Å². The number of H-pyrrole nitrogens is 1. The lowest BCUT2D eigenvalue weighted by Gasteiger charge is -2.09. The zero-order valence-electron chi connectivity index (χ0n) is 16.1. The highest BCUT2D eigenvalue weighted by molar-refractivity contribution is 6.13. The maximum Gasteiger partial charge on any atom is 0.285 e. The topological polar surface area (TPSA) is 91.5 Å². The number of hydrogen-bond donors (Lipinski definition) is 1. The number of nitrogens with zero attached hydrogens (tertiary/aromatic N) is 3. The Morgan fingerprint density at radius 1 is 1.10 bits per heavy atom. The van der Waals surface area contributed by atoms with Gasteiger partial charge in [-0.15, -0.1) is 0 Å². The van der Waals surface area contributed by atoms with Crippen molar-refractivity contribution >= 4 is 16.7 Å². The van der Waals surface area contributed by atoms with Crippen LogP contribution in [0.5, 0.6) is 0 Å². The van der Waals surface area contributed by atoms with E-state index < -0.39 is 5.56 Å². The molecule has 0 amide bonds. The first-order chi connectivity index (χ1) is 14.0. The average molecular weight is 382 g/mol. The molecule has 0 bridgehead atoms. The molecule has 4 aromatic rings. The fourth-order valence-electron chi connectivity index (χ4n) is 3.48. The second-order valence-electron chi connectivity index (χ2n) is 6.87. The van der Waals surface area contributed by atoms with Gasteiger partial charge in [-0.3, -0.25) is 9.59 Å². The van der Waals surface area contributed by atoms with Gasteiger partial charge in [-0.2, -0.15) is 10.4 Å². The molecule has 0 atom stereocenters. The van der Waals surface area contributed by atoms with Crippen LogP contribution in [-0.4, -0.2) is 20.5 Å². The van der Waals surface area contributed by atoms with Crippen molar-refractivity contribution in [2.24, 2.45) is 0 Å². The number of carbonyl (C=O) groups excluding carboxylic acids is 1. The number of fused-ring (bicyclic) bond motifs is 1. The number of nitrogens with one attached hydrogen (secondary N) is 1. The van der Waals surface area contributed by atoms with Crippen LogP contribution in [0.25, 0.3) is 22.2 Å². The number of carbonyl (C=O) groups is 1. The van der Waals surface area contributed by atoms with Crippen LogP contribution in [0.15, 0.2) is 59.4 Å². The molecule has 29 heavy (non-hydrogen) atoms. The minimum absolute atomic E-state index is 0.0208. The lowest BCUT2D eigenvalue weighted by molar-refractivity contribution is 0.0967. The number of aromatic amines is 1. The van der Waals surface area contributed by atoms with Crippen molar-refractivity contribution in [3.05, 3.63) is 87.3 Å². The summed E-state index contributed by atoms with van der Waals surface area (Å²) in [6, 6.07) is 19.1. The molecular formula is C23H18N4O2. The summed E-state index contributed by atoms with van der Waals surface area (Å²) in [4.78, 5) is 29.3. The van der Waals surface area contributed by atoms with Crippen molar-refractivity contribution < 1.29 is 4.79 Å².